The van der Waals surface area contributed by atoms with Crippen molar-refractivity contribution in [2.45, 2.75) is 38.1 Å². The smallest absolute Gasteiger partial charge is 0.308 e. The molecule has 1 amide bonds. The summed E-state index contributed by atoms with van der Waals surface area (Å²) in [4.78, 5) is 36.5. The number of carboxylic acids is 1. The molecule has 0 spiro atoms. The van der Waals surface area contributed by atoms with Crippen LogP contribution in [-0.2, 0) is 4.79 Å². The third-order valence-electron chi connectivity index (χ3n) is 5.03. The van der Waals surface area contributed by atoms with E-state index in [-0.39, 0.29) is 11.3 Å². The third-order valence-corrected chi connectivity index (χ3v) is 5.03. The summed E-state index contributed by atoms with van der Waals surface area (Å²) in [6, 6.07) is 4.04. The monoisotopic (exact) mass is 347 g/mol. The van der Waals surface area contributed by atoms with Gasteiger partial charge in [0.15, 0.2) is 0 Å². The van der Waals surface area contributed by atoms with E-state index in [1.54, 1.807) is 12.1 Å². The zero-order valence-corrected chi connectivity index (χ0v) is 13.8. The number of nitrogens with zero attached hydrogens (tertiary/aromatic N) is 2. The highest BCUT2D eigenvalue weighted by Crippen LogP contribution is 2.32. The van der Waals surface area contributed by atoms with Crippen LogP contribution in [0.5, 0.6) is 0 Å². The van der Waals surface area contributed by atoms with E-state index in [0.29, 0.717) is 18.5 Å². The SMILES string of the molecule is O=C(N[C@H]1CCC[C@H]1C(=O)O)c1ccc(N2CCCC2)c([N+](=O)[O-])c1. The summed E-state index contributed by atoms with van der Waals surface area (Å²) >= 11 is 0. The Morgan fingerprint density at radius 2 is 1.92 bits per heavy atom. The topological polar surface area (TPSA) is 113 Å². The summed E-state index contributed by atoms with van der Waals surface area (Å²) in [6.07, 6.45) is 3.89. The Hall–Kier alpha value is -2.64. The van der Waals surface area contributed by atoms with Crippen molar-refractivity contribution in [3.63, 3.8) is 0 Å². The molecule has 1 aliphatic carbocycles. The predicted molar refractivity (Wildman–Crippen MR) is 90.8 cm³/mol. The van der Waals surface area contributed by atoms with E-state index in [2.05, 4.69) is 5.32 Å². The highest BCUT2D eigenvalue weighted by atomic mass is 16.6. The minimum absolute atomic E-state index is 0.0873. The van der Waals surface area contributed by atoms with Crippen LogP contribution in [0.25, 0.3) is 0 Å². The predicted octanol–water partition coefficient (Wildman–Crippen LogP) is 2.18. The van der Waals surface area contributed by atoms with E-state index >= 15 is 0 Å². The second-order valence-electron chi connectivity index (χ2n) is 6.61. The van der Waals surface area contributed by atoms with Crippen molar-refractivity contribution in [1.29, 1.82) is 0 Å². The van der Waals surface area contributed by atoms with Gasteiger partial charge in [0.2, 0.25) is 0 Å². The molecule has 1 aromatic rings. The molecule has 1 saturated heterocycles. The van der Waals surface area contributed by atoms with Gasteiger partial charge >= 0.3 is 5.97 Å². The number of carboxylic acid groups (broad SMARTS) is 1. The first-order chi connectivity index (χ1) is 12.0. The van der Waals surface area contributed by atoms with Crippen molar-refractivity contribution >= 4 is 23.3 Å². The number of rotatable bonds is 5. The van der Waals surface area contributed by atoms with Crippen LogP contribution in [0.1, 0.15) is 42.5 Å². The van der Waals surface area contributed by atoms with Crippen molar-refractivity contribution in [2.75, 3.05) is 18.0 Å². The largest absolute Gasteiger partial charge is 0.481 e. The maximum absolute atomic E-state index is 12.4. The van der Waals surface area contributed by atoms with Gasteiger partial charge in [0.05, 0.1) is 10.8 Å². The van der Waals surface area contributed by atoms with E-state index in [9.17, 15) is 24.8 Å². The molecule has 8 heteroatoms. The number of nitrogens with one attached hydrogen (secondary N) is 1. The number of hydrogen-bond acceptors (Lipinski definition) is 5. The van der Waals surface area contributed by atoms with Gasteiger partial charge in [0.25, 0.3) is 11.6 Å². The van der Waals surface area contributed by atoms with Crippen LogP contribution in [0.4, 0.5) is 11.4 Å². The first-order valence-electron chi connectivity index (χ1n) is 8.54. The number of nitro groups is 1. The van der Waals surface area contributed by atoms with E-state index in [4.69, 9.17) is 0 Å². The van der Waals surface area contributed by atoms with E-state index in [0.717, 1.165) is 32.4 Å². The number of carbonyl (C=O) groups excluding carboxylic acids is 1. The van der Waals surface area contributed by atoms with Crippen LogP contribution in [0.3, 0.4) is 0 Å². The average molecular weight is 347 g/mol. The summed E-state index contributed by atoms with van der Waals surface area (Å²) in [6.45, 7) is 1.55. The zero-order chi connectivity index (χ0) is 18.0. The Kier molecular flexibility index (Phi) is 4.87. The van der Waals surface area contributed by atoms with Gasteiger partial charge in [-0.05, 0) is 37.8 Å². The minimum Gasteiger partial charge on any atom is -0.481 e. The molecule has 1 aliphatic heterocycles. The van der Waals surface area contributed by atoms with Gasteiger partial charge in [-0.15, -0.1) is 0 Å². The maximum Gasteiger partial charge on any atom is 0.308 e. The molecular weight excluding hydrogens is 326 g/mol. The molecular formula is C17H21N3O5. The standard InChI is InChI=1S/C17H21N3O5/c21-16(18-13-5-3-4-12(13)17(22)23)11-6-7-14(15(10-11)20(24)25)19-8-1-2-9-19/h6-7,10,12-13H,1-5,8-9H2,(H,18,21)(H,22,23)/t12-,13+/m1/s1. The van der Waals surface area contributed by atoms with Crippen LogP contribution in [-0.4, -0.2) is 41.0 Å². The summed E-state index contributed by atoms with van der Waals surface area (Å²) in [5.41, 5.74) is 0.629. The molecule has 134 valence electrons. The molecule has 8 nitrogen and oxygen atoms in total. The number of amides is 1. The van der Waals surface area contributed by atoms with Crippen molar-refractivity contribution in [3.8, 4) is 0 Å². The first-order valence-corrected chi connectivity index (χ1v) is 8.54. The number of nitro benzene ring substituents is 1. The van der Waals surface area contributed by atoms with Gasteiger partial charge in [0.1, 0.15) is 5.69 Å². The number of hydrogen-bond donors (Lipinski definition) is 2. The molecule has 25 heavy (non-hydrogen) atoms. The molecule has 0 aromatic heterocycles. The molecule has 2 fully saturated rings. The molecule has 3 rings (SSSR count). The third kappa shape index (κ3) is 3.57. The summed E-state index contributed by atoms with van der Waals surface area (Å²) in [5.74, 6) is -1.98. The van der Waals surface area contributed by atoms with Crippen LogP contribution in [0.2, 0.25) is 0 Å². The van der Waals surface area contributed by atoms with Crippen LogP contribution < -0.4 is 10.2 Å². The quantitative estimate of drug-likeness (QED) is 0.623. The lowest BCUT2D eigenvalue weighted by atomic mass is 10.0. The molecule has 1 saturated carbocycles. The molecule has 2 aliphatic rings. The lowest BCUT2D eigenvalue weighted by molar-refractivity contribution is -0.384. The number of benzene rings is 1. The zero-order valence-electron chi connectivity index (χ0n) is 13.8. The van der Waals surface area contributed by atoms with Crippen molar-refractivity contribution in [1.82, 2.24) is 5.32 Å². The molecule has 1 heterocycles. The van der Waals surface area contributed by atoms with Crippen LogP contribution in [0.15, 0.2) is 18.2 Å². The van der Waals surface area contributed by atoms with Crippen molar-refractivity contribution in [2.24, 2.45) is 5.92 Å². The molecule has 2 atom stereocenters. The number of anilines is 1. The van der Waals surface area contributed by atoms with Crippen LogP contribution >= 0.6 is 0 Å². The normalized spacial score (nSPS) is 22.8. The van der Waals surface area contributed by atoms with Crippen molar-refractivity contribution in [3.05, 3.63) is 33.9 Å². The average Bonchev–Trinajstić information content (AvgIpc) is 3.25. The summed E-state index contributed by atoms with van der Waals surface area (Å²) in [7, 11) is 0. The Labute approximate surface area is 145 Å². The highest BCUT2D eigenvalue weighted by molar-refractivity contribution is 5.96. The van der Waals surface area contributed by atoms with E-state index < -0.39 is 28.8 Å². The fourth-order valence-corrected chi connectivity index (χ4v) is 3.72. The van der Waals surface area contributed by atoms with Gasteiger partial charge in [-0.1, -0.05) is 6.42 Å². The lowest BCUT2D eigenvalue weighted by Crippen LogP contribution is -2.40. The Morgan fingerprint density at radius 1 is 1.20 bits per heavy atom. The fraction of sp³-hybridized carbons (Fsp3) is 0.529. The van der Waals surface area contributed by atoms with E-state index in [1.807, 2.05) is 4.90 Å². The maximum atomic E-state index is 12.4. The molecule has 0 unspecified atom stereocenters. The minimum atomic E-state index is -0.918. The Balaban J connectivity index is 1.79. The highest BCUT2D eigenvalue weighted by Gasteiger charge is 2.34. The first kappa shape index (κ1) is 17.2. The van der Waals surface area contributed by atoms with Gasteiger partial charge in [-0.25, -0.2) is 0 Å². The van der Waals surface area contributed by atoms with Gasteiger partial charge < -0.3 is 15.3 Å². The number of carbonyl (C=O) groups is 2. The summed E-state index contributed by atoms with van der Waals surface area (Å²) in [5, 5.41) is 23.3. The summed E-state index contributed by atoms with van der Waals surface area (Å²) < 4.78 is 0. The van der Waals surface area contributed by atoms with Crippen molar-refractivity contribution < 1.29 is 19.6 Å². The Morgan fingerprint density at radius 3 is 2.56 bits per heavy atom. The fourth-order valence-electron chi connectivity index (χ4n) is 3.72. The second-order valence-corrected chi connectivity index (χ2v) is 6.61. The second kappa shape index (κ2) is 7.08. The molecule has 0 radical (unpaired) electrons. The van der Waals surface area contributed by atoms with E-state index in [1.165, 1.54) is 6.07 Å². The Bertz CT molecular complexity index is 700. The van der Waals surface area contributed by atoms with Gasteiger partial charge in [-0.2, -0.15) is 0 Å². The molecule has 2 N–H and O–H groups in total. The van der Waals surface area contributed by atoms with Gasteiger partial charge in [-0.3, -0.25) is 19.7 Å². The van der Waals surface area contributed by atoms with Crippen LogP contribution in [0, 0.1) is 16.0 Å². The number of aliphatic carboxylic acids is 1. The molecule has 1 aromatic carbocycles. The molecule has 0 bridgehead atoms. The van der Waals surface area contributed by atoms with Gasteiger partial charge in [0, 0.05) is 30.8 Å². The lowest BCUT2D eigenvalue weighted by Gasteiger charge is -2.19.